The SMILES string of the molecule is COc1ccc(COC[C@H](O)CN(C)[C@H](C)c2ccc(F)c(F)c2)cc1OC. The van der Waals surface area contributed by atoms with Gasteiger partial charge in [-0.1, -0.05) is 12.1 Å². The van der Waals surface area contributed by atoms with Crippen LogP contribution in [0.5, 0.6) is 11.5 Å². The molecule has 0 heterocycles. The highest BCUT2D eigenvalue weighted by molar-refractivity contribution is 5.42. The molecule has 0 spiro atoms. The first-order valence-electron chi connectivity index (χ1n) is 8.97. The summed E-state index contributed by atoms with van der Waals surface area (Å²) < 4.78 is 42.5. The molecule has 2 rings (SSSR count). The van der Waals surface area contributed by atoms with Crippen LogP contribution in [0.2, 0.25) is 0 Å². The van der Waals surface area contributed by atoms with Crippen molar-refractivity contribution >= 4 is 0 Å². The molecule has 0 saturated heterocycles. The van der Waals surface area contributed by atoms with Crippen LogP contribution in [0, 0.1) is 11.6 Å². The van der Waals surface area contributed by atoms with Crippen molar-refractivity contribution in [2.45, 2.75) is 25.7 Å². The molecule has 0 unspecified atom stereocenters. The molecule has 2 atom stereocenters. The third kappa shape index (κ3) is 5.89. The maximum absolute atomic E-state index is 13.4. The number of benzene rings is 2. The first-order valence-corrected chi connectivity index (χ1v) is 8.97. The standard InChI is InChI=1S/C21H27F2NO4/c1-14(16-6-7-18(22)19(23)10-16)24(2)11-17(25)13-28-12-15-5-8-20(26-3)21(9-15)27-4/h5-10,14,17,25H,11-13H2,1-4H3/t14-,17-/m1/s1. The summed E-state index contributed by atoms with van der Waals surface area (Å²) in [5.41, 5.74) is 1.54. The number of ether oxygens (including phenoxy) is 3. The number of hydrogen-bond donors (Lipinski definition) is 1. The predicted molar refractivity (Wildman–Crippen MR) is 103 cm³/mol. The van der Waals surface area contributed by atoms with Crippen LogP contribution < -0.4 is 9.47 Å². The predicted octanol–water partition coefficient (Wildman–Crippen LogP) is 3.55. The molecule has 0 aliphatic carbocycles. The van der Waals surface area contributed by atoms with Crippen molar-refractivity contribution in [1.29, 1.82) is 0 Å². The molecule has 7 heteroatoms. The van der Waals surface area contributed by atoms with Crippen molar-refractivity contribution in [3.05, 3.63) is 59.2 Å². The van der Waals surface area contributed by atoms with E-state index < -0.39 is 17.7 Å². The van der Waals surface area contributed by atoms with E-state index in [0.717, 1.165) is 11.6 Å². The fourth-order valence-corrected chi connectivity index (χ4v) is 2.85. The number of methoxy groups -OCH3 is 2. The van der Waals surface area contributed by atoms with Crippen molar-refractivity contribution in [2.24, 2.45) is 0 Å². The molecule has 5 nitrogen and oxygen atoms in total. The van der Waals surface area contributed by atoms with Crippen LogP contribution in [-0.2, 0) is 11.3 Å². The van der Waals surface area contributed by atoms with Crippen LogP contribution >= 0.6 is 0 Å². The smallest absolute Gasteiger partial charge is 0.161 e. The number of aliphatic hydroxyl groups is 1. The average molecular weight is 395 g/mol. The molecule has 154 valence electrons. The van der Waals surface area contributed by atoms with Gasteiger partial charge in [0.2, 0.25) is 0 Å². The van der Waals surface area contributed by atoms with Gasteiger partial charge in [0.15, 0.2) is 23.1 Å². The monoisotopic (exact) mass is 395 g/mol. The number of nitrogens with zero attached hydrogens (tertiary/aromatic N) is 1. The van der Waals surface area contributed by atoms with E-state index in [9.17, 15) is 13.9 Å². The van der Waals surface area contributed by atoms with Crippen LogP contribution in [0.25, 0.3) is 0 Å². The highest BCUT2D eigenvalue weighted by Gasteiger charge is 2.17. The third-order valence-corrected chi connectivity index (χ3v) is 4.61. The largest absolute Gasteiger partial charge is 0.493 e. The van der Waals surface area contributed by atoms with Crippen molar-refractivity contribution < 1.29 is 28.1 Å². The Bertz CT molecular complexity index is 772. The second-order valence-corrected chi connectivity index (χ2v) is 6.65. The molecule has 1 N–H and O–H groups in total. The Kier molecular flexibility index (Phi) is 8.17. The second-order valence-electron chi connectivity index (χ2n) is 6.65. The highest BCUT2D eigenvalue weighted by atomic mass is 19.2. The third-order valence-electron chi connectivity index (χ3n) is 4.61. The molecular formula is C21H27F2NO4. The molecule has 0 bridgehead atoms. The van der Waals surface area contributed by atoms with E-state index in [2.05, 4.69) is 0 Å². The first kappa shape index (κ1) is 22.1. The fourth-order valence-electron chi connectivity index (χ4n) is 2.85. The molecular weight excluding hydrogens is 368 g/mol. The summed E-state index contributed by atoms with van der Waals surface area (Å²) in [5.74, 6) is -0.498. The summed E-state index contributed by atoms with van der Waals surface area (Å²) >= 11 is 0. The number of aliphatic hydroxyl groups excluding tert-OH is 1. The van der Waals surface area contributed by atoms with Gasteiger partial charge in [0, 0.05) is 12.6 Å². The summed E-state index contributed by atoms with van der Waals surface area (Å²) in [4.78, 5) is 1.86. The minimum absolute atomic E-state index is 0.142. The van der Waals surface area contributed by atoms with Gasteiger partial charge >= 0.3 is 0 Å². The van der Waals surface area contributed by atoms with Crippen LogP contribution in [0.15, 0.2) is 36.4 Å². The summed E-state index contributed by atoms with van der Waals surface area (Å²) in [6.07, 6.45) is -0.724. The maximum atomic E-state index is 13.4. The molecule has 0 saturated carbocycles. The van der Waals surface area contributed by atoms with E-state index in [4.69, 9.17) is 14.2 Å². The number of rotatable bonds is 10. The molecule has 2 aromatic rings. The van der Waals surface area contributed by atoms with Gasteiger partial charge in [0.1, 0.15) is 0 Å². The highest BCUT2D eigenvalue weighted by Crippen LogP contribution is 2.27. The van der Waals surface area contributed by atoms with Crippen LogP contribution in [0.1, 0.15) is 24.1 Å². The van der Waals surface area contributed by atoms with E-state index in [1.807, 2.05) is 31.0 Å². The van der Waals surface area contributed by atoms with Crippen molar-refractivity contribution in [3.63, 3.8) is 0 Å². The lowest BCUT2D eigenvalue weighted by Crippen LogP contribution is -2.34. The molecule has 0 aromatic heterocycles. The Morgan fingerprint density at radius 3 is 2.36 bits per heavy atom. The summed E-state index contributed by atoms with van der Waals surface area (Å²) in [6.45, 7) is 2.65. The first-order chi connectivity index (χ1) is 13.3. The topological polar surface area (TPSA) is 51.2 Å². The van der Waals surface area contributed by atoms with Gasteiger partial charge in [-0.3, -0.25) is 4.90 Å². The van der Waals surface area contributed by atoms with Gasteiger partial charge in [-0.05, 0) is 49.4 Å². The lowest BCUT2D eigenvalue weighted by Gasteiger charge is -2.27. The number of likely N-dealkylation sites (N-methyl/N-ethyl adjacent to an activating group) is 1. The van der Waals surface area contributed by atoms with E-state index in [1.54, 1.807) is 26.4 Å². The summed E-state index contributed by atoms with van der Waals surface area (Å²) in [5, 5.41) is 10.2. The van der Waals surface area contributed by atoms with Crippen molar-refractivity contribution in [1.82, 2.24) is 4.90 Å². The van der Waals surface area contributed by atoms with E-state index >= 15 is 0 Å². The van der Waals surface area contributed by atoms with Gasteiger partial charge in [0.05, 0.1) is 33.5 Å². The van der Waals surface area contributed by atoms with Gasteiger partial charge in [-0.15, -0.1) is 0 Å². The van der Waals surface area contributed by atoms with Crippen LogP contribution in [0.3, 0.4) is 0 Å². The quantitative estimate of drug-likeness (QED) is 0.667. The van der Waals surface area contributed by atoms with E-state index in [-0.39, 0.29) is 12.6 Å². The van der Waals surface area contributed by atoms with Gasteiger partial charge in [-0.2, -0.15) is 0 Å². The van der Waals surface area contributed by atoms with Gasteiger partial charge in [0.25, 0.3) is 0 Å². The fraction of sp³-hybridized carbons (Fsp3) is 0.429. The molecule has 2 aromatic carbocycles. The summed E-state index contributed by atoms with van der Waals surface area (Å²) in [6, 6.07) is 9.13. The zero-order valence-corrected chi connectivity index (χ0v) is 16.6. The average Bonchev–Trinajstić information content (AvgIpc) is 2.69. The molecule has 0 amide bonds. The lowest BCUT2D eigenvalue weighted by atomic mass is 10.1. The molecule has 0 radical (unpaired) electrons. The van der Waals surface area contributed by atoms with Crippen molar-refractivity contribution in [3.8, 4) is 11.5 Å². The van der Waals surface area contributed by atoms with E-state index in [0.29, 0.717) is 30.2 Å². The zero-order chi connectivity index (χ0) is 20.7. The summed E-state index contributed by atoms with van der Waals surface area (Å²) in [7, 11) is 4.95. The number of hydrogen-bond acceptors (Lipinski definition) is 5. The van der Waals surface area contributed by atoms with Crippen LogP contribution in [0.4, 0.5) is 8.78 Å². The Hall–Kier alpha value is -2.22. The van der Waals surface area contributed by atoms with Crippen LogP contribution in [-0.4, -0.2) is 50.5 Å². The van der Waals surface area contributed by atoms with Gasteiger partial charge < -0.3 is 19.3 Å². The second kappa shape index (κ2) is 10.4. The Morgan fingerprint density at radius 1 is 1.00 bits per heavy atom. The Balaban J connectivity index is 1.83. The number of halogens is 2. The zero-order valence-electron chi connectivity index (χ0n) is 16.6. The van der Waals surface area contributed by atoms with E-state index in [1.165, 1.54) is 6.07 Å². The Labute approximate surface area is 164 Å². The Morgan fingerprint density at radius 2 is 1.71 bits per heavy atom. The molecule has 28 heavy (non-hydrogen) atoms. The normalized spacial score (nSPS) is 13.4. The van der Waals surface area contributed by atoms with Crippen molar-refractivity contribution in [2.75, 3.05) is 34.4 Å². The molecule has 0 aliphatic rings. The minimum Gasteiger partial charge on any atom is -0.493 e. The lowest BCUT2D eigenvalue weighted by molar-refractivity contribution is 0.00847. The molecule has 0 aliphatic heterocycles. The maximum Gasteiger partial charge on any atom is 0.161 e. The minimum atomic E-state index is -0.878. The van der Waals surface area contributed by atoms with Gasteiger partial charge in [-0.25, -0.2) is 8.78 Å². The molecule has 0 fully saturated rings.